The molecule has 1 rings (SSSR count). The highest BCUT2D eigenvalue weighted by Crippen LogP contribution is 2.15. The SMILES string of the molecule is CCCN(C)C(=O)c1nnc(NC)s1. The Kier molecular flexibility index (Phi) is 3.82. The summed E-state index contributed by atoms with van der Waals surface area (Å²) in [6.45, 7) is 2.77. The zero-order valence-corrected chi connectivity index (χ0v) is 9.39. The Morgan fingerprint density at radius 1 is 1.57 bits per heavy atom. The van der Waals surface area contributed by atoms with Crippen molar-refractivity contribution in [2.45, 2.75) is 13.3 Å². The summed E-state index contributed by atoms with van der Waals surface area (Å²) >= 11 is 1.27. The van der Waals surface area contributed by atoms with E-state index in [0.717, 1.165) is 13.0 Å². The fourth-order valence-electron chi connectivity index (χ4n) is 1.01. The summed E-state index contributed by atoms with van der Waals surface area (Å²) in [5.74, 6) is -0.0640. The second-order valence-corrected chi connectivity index (χ2v) is 3.87. The Morgan fingerprint density at radius 2 is 2.29 bits per heavy atom. The van der Waals surface area contributed by atoms with Crippen molar-refractivity contribution in [2.75, 3.05) is 26.0 Å². The Bertz CT molecular complexity index is 312. The molecule has 0 saturated carbocycles. The smallest absolute Gasteiger partial charge is 0.284 e. The van der Waals surface area contributed by atoms with Gasteiger partial charge in [0.2, 0.25) is 10.1 Å². The van der Waals surface area contributed by atoms with Gasteiger partial charge >= 0.3 is 0 Å². The summed E-state index contributed by atoms with van der Waals surface area (Å²) < 4.78 is 0. The van der Waals surface area contributed by atoms with Crippen molar-refractivity contribution in [1.29, 1.82) is 0 Å². The molecule has 0 saturated heterocycles. The van der Waals surface area contributed by atoms with Crippen LogP contribution in [0.15, 0.2) is 0 Å². The average molecular weight is 214 g/mol. The molecule has 5 nitrogen and oxygen atoms in total. The average Bonchev–Trinajstić information content (AvgIpc) is 2.65. The molecule has 1 heterocycles. The molecule has 14 heavy (non-hydrogen) atoms. The van der Waals surface area contributed by atoms with Crippen LogP contribution in [0.1, 0.15) is 23.1 Å². The van der Waals surface area contributed by atoms with E-state index >= 15 is 0 Å². The summed E-state index contributed by atoms with van der Waals surface area (Å²) in [5.41, 5.74) is 0. The molecule has 0 spiro atoms. The fourth-order valence-corrected chi connectivity index (χ4v) is 1.70. The molecule has 1 aromatic rings. The van der Waals surface area contributed by atoms with Crippen LogP contribution in [0.25, 0.3) is 0 Å². The van der Waals surface area contributed by atoms with E-state index < -0.39 is 0 Å². The topological polar surface area (TPSA) is 58.1 Å². The lowest BCUT2D eigenvalue weighted by Gasteiger charge is -2.13. The van der Waals surface area contributed by atoms with E-state index in [1.54, 1.807) is 19.0 Å². The van der Waals surface area contributed by atoms with Gasteiger partial charge in [-0.15, -0.1) is 10.2 Å². The maximum Gasteiger partial charge on any atom is 0.284 e. The quantitative estimate of drug-likeness (QED) is 0.814. The standard InChI is InChI=1S/C8H14N4OS/c1-4-5-12(3)7(13)6-10-11-8(9-2)14-6/h4-5H2,1-3H3,(H,9,11). The van der Waals surface area contributed by atoms with Gasteiger partial charge in [-0.1, -0.05) is 18.3 Å². The van der Waals surface area contributed by atoms with Gasteiger partial charge in [-0.3, -0.25) is 4.79 Å². The Labute approximate surface area is 87.1 Å². The van der Waals surface area contributed by atoms with Gasteiger partial charge < -0.3 is 10.2 Å². The van der Waals surface area contributed by atoms with E-state index in [-0.39, 0.29) is 5.91 Å². The zero-order valence-electron chi connectivity index (χ0n) is 8.57. The fraction of sp³-hybridized carbons (Fsp3) is 0.625. The minimum absolute atomic E-state index is 0.0640. The molecule has 0 atom stereocenters. The van der Waals surface area contributed by atoms with Gasteiger partial charge in [0.25, 0.3) is 5.91 Å². The summed E-state index contributed by atoms with van der Waals surface area (Å²) in [6.07, 6.45) is 0.944. The Hall–Kier alpha value is -1.17. The number of hydrogen-bond acceptors (Lipinski definition) is 5. The Morgan fingerprint density at radius 3 is 2.79 bits per heavy atom. The summed E-state index contributed by atoms with van der Waals surface area (Å²) in [7, 11) is 3.52. The van der Waals surface area contributed by atoms with Crippen LogP contribution < -0.4 is 5.32 Å². The lowest BCUT2D eigenvalue weighted by Crippen LogP contribution is -2.27. The van der Waals surface area contributed by atoms with Gasteiger partial charge in [0.15, 0.2) is 0 Å². The van der Waals surface area contributed by atoms with Crippen molar-refractivity contribution in [2.24, 2.45) is 0 Å². The highest BCUT2D eigenvalue weighted by atomic mass is 32.1. The van der Waals surface area contributed by atoms with Crippen molar-refractivity contribution in [3.05, 3.63) is 5.01 Å². The molecule has 0 radical (unpaired) electrons. The van der Waals surface area contributed by atoms with Crippen molar-refractivity contribution >= 4 is 22.4 Å². The molecule has 1 aromatic heterocycles. The first-order valence-electron chi connectivity index (χ1n) is 4.45. The lowest BCUT2D eigenvalue weighted by molar-refractivity contribution is 0.0794. The van der Waals surface area contributed by atoms with Gasteiger partial charge in [-0.25, -0.2) is 0 Å². The largest absolute Gasteiger partial charge is 0.363 e. The normalized spacial score (nSPS) is 9.93. The molecule has 0 unspecified atom stereocenters. The molecule has 0 fully saturated rings. The third-order valence-electron chi connectivity index (χ3n) is 1.73. The van der Waals surface area contributed by atoms with Crippen LogP contribution in [-0.2, 0) is 0 Å². The van der Waals surface area contributed by atoms with Crippen LogP contribution in [0.3, 0.4) is 0 Å². The number of rotatable bonds is 4. The zero-order chi connectivity index (χ0) is 10.6. The number of amides is 1. The summed E-state index contributed by atoms with van der Waals surface area (Å²) in [4.78, 5) is 13.3. The summed E-state index contributed by atoms with van der Waals surface area (Å²) in [5, 5.41) is 11.6. The molecular weight excluding hydrogens is 200 g/mol. The van der Waals surface area contributed by atoms with Crippen molar-refractivity contribution in [3.63, 3.8) is 0 Å². The second-order valence-electron chi connectivity index (χ2n) is 2.89. The maximum absolute atomic E-state index is 11.7. The molecule has 0 aliphatic carbocycles. The van der Waals surface area contributed by atoms with Gasteiger partial charge in [-0.2, -0.15) is 0 Å². The van der Waals surface area contributed by atoms with E-state index in [1.807, 2.05) is 6.92 Å². The van der Waals surface area contributed by atoms with Gasteiger partial charge in [0.1, 0.15) is 0 Å². The monoisotopic (exact) mass is 214 g/mol. The van der Waals surface area contributed by atoms with Crippen LogP contribution in [0, 0.1) is 0 Å². The Balaban J connectivity index is 2.68. The predicted octanol–water partition coefficient (Wildman–Crippen LogP) is 1.06. The van der Waals surface area contributed by atoms with Crippen LogP contribution >= 0.6 is 11.3 Å². The first-order valence-corrected chi connectivity index (χ1v) is 5.27. The van der Waals surface area contributed by atoms with Crippen molar-refractivity contribution in [3.8, 4) is 0 Å². The second kappa shape index (κ2) is 4.90. The van der Waals surface area contributed by atoms with E-state index in [0.29, 0.717) is 10.1 Å². The van der Waals surface area contributed by atoms with Gasteiger partial charge in [0.05, 0.1) is 0 Å². The number of carbonyl (C=O) groups is 1. The van der Waals surface area contributed by atoms with Gasteiger partial charge in [-0.05, 0) is 6.42 Å². The minimum atomic E-state index is -0.0640. The molecule has 0 bridgehead atoms. The number of nitrogens with zero attached hydrogens (tertiary/aromatic N) is 3. The molecule has 0 aliphatic rings. The third kappa shape index (κ3) is 2.41. The molecule has 1 amide bonds. The number of carbonyl (C=O) groups excluding carboxylic acids is 1. The number of anilines is 1. The summed E-state index contributed by atoms with van der Waals surface area (Å²) in [6, 6.07) is 0. The van der Waals surface area contributed by atoms with E-state index in [9.17, 15) is 4.79 Å². The maximum atomic E-state index is 11.7. The van der Waals surface area contributed by atoms with E-state index in [1.165, 1.54) is 11.3 Å². The van der Waals surface area contributed by atoms with Crippen LogP contribution in [0.5, 0.6) is 0 Å². The highest BCUT2D eigenvalue weighted by Gasteiger charge is 2.15. The first kappa shape index (κ1) is 10.9. The third-order valence-corrected chi connectivity index (χ3v) is 2.66. The molecular formula is C8H14N4OS. The first-order chi connectivity index (χ1) is 6.69. The number of nitrogens with one attached hydrogen (secondary N) is 1. The minimum Gasteiger partial charge on any atom is -0.363 e. The highest BCUT2D eigenvalue weighted by molar-refractivity contribution is 7.17. The van der Waals surface area contributed by atoms with Crippen molar-refractivity contribution < 1.29 is 4.79 Å². The molecule has 0 aromatic carbocycles. The predicted molar refractivity (Wildman–Crippen MR) is 56.7 cm³/mol. The number of aromatic nitrogens is 2. The molecule has 0 aliphatic heterocycles. The number of hydrogen-bond donors (Lipinski definition) is 1. The van der Waals surface area contributed by atoms with E-state index in [4.69, 9.17) is 0 Å². The van der Waals surface area contributed by atoms with Crippen LogP contribution in [0.4, 0.5) is 5.13 Å². The lowest BCUT2D eigenvalue weighted by atomic mass is 10.4. The van der Waals surface area contributed by atoms with E-state index in [2.05, 4.69) is 15.5 Å². The molecule has 1 N–H and O–H groups in total. The van der Waals surface area contributed by atoms with Gasteiger partial charge in [0, 0.05) is 20.6 Å². The van der Waals surface area contributed by atoms with Crippen LogP contribution in [-0.4, -0.2) is 41.6 Å². The van der Waals surface area contributed by atoms with Crippen molar-refractivity contribution in [1.82, 2.24) is 15.1 Å². The molecule has 6 heteroatoms. The van der Waals surface area contributed by atoms with Crippen LogP contribution in [0.2, 0.25) is 0 Å². The molecule has 78 valence electrons.